The van der Waals surface area contributed by atoms with Gasteiger partial charge < -0.3 is 10.6 Å². The largest absolute Gasteiger partial charge is 0.323 e. The van der Waals surface area contributed by atoms with Gasteiger partial charge >= 0.3 is 6.03 Å². The molecule has 2 amide bonds. The van der Waals surface area contributed by atoms with E-state index in [1.54, 1.807) is 12.1 Å². The van der Waals surface area contributed by atoms with Crippen molar-refractivity contribution in [2.24, 2.45) is 0 Å². The smallest absolute Gasteiger partial charge is 0.308 e. The van der Waals surface area contributed by atoms with Crippen molar-refractivity contribution in [2.45, 2.75) is 0 Å². The van der Waals surface area contributed by atoms with E-state index in [0.717, 1.165) is 12.1 Å². The van der Waals surface area contributed by atoms with Crippen LogP contribution < -0.4 is 10.6 Å². The maximum absolute atomic E-state index is 13.0. The molecule has 0 aliphatic rings. The predicted octanol–water partition coefficient (Wildman–Crippen LogP) is 4.65. The molecule has 0 aliphatic heterocycles. The fourth-order valence-electron chi connectivity index (χ4n) is 1.58. The van der Waals surface area contributed by atoms with Crippen LogP contribution in [0.3, 0.4) is 0 Å². The second-order valence-corrected chi connectivity index (χ2v) is 4.82. The van der Waals surface area contributed by atoms with Gasteiger partial charge in [-0.2, -0.15) is 5.26 Å². The van der Waals surface area contributed by atoms with E-state index < -0.39 is 11.8 Å². The lowest BCUT2D eigenvalue weighted by Gasteiger charge is -2.09. The molecule has 0 atom stereocenters. The molecule has 21 heavy (non-hydrogen) atoms. The van der Waals surface area contributed by atoms with Crippen LogP contribution in [0.2, 0.25) is 10.0 Å². The zero-order chi connectivity index (χ0) is 15.4. The molecule has 0 radical (unpaired) electrons. The summed E-state index contributed by atoms with van der Waals surface area (Å²) in [4.78, 5) is 11.8. The summed E-state index contributed by atoms with van der Waals surface area (Å²) in [6, 6.07) is 9.31. The van der Waals surface area contributed by atoms with E-state index in [-0.39, 0.29) is 11.3 Å². The summed E-state index contributed by atoms with van der Waals surface area (Å²) >= 11 is 11.6. The van der Waals surface area contributed by atoms with Gasteiger partial charge in [0.1, 0.15) is 11.9 Å². The molecule has 2 aromatic carbocycles. The monoisotopic (exact) mass is 323 g/mol. The quantitative estimate of drug-likeness (QED) is 0.844. The van der Waals surface area contributed by atoms with Crippen LogP contribution in [0, 0.1) is 17.1 Å². The van der Waals surface area contributed by atoms with Gasteiger partial charge in [0.15, 0.2) is 0 Å². The molecule has 2 rings (SSSR count). The van der Waals surface area contributed by atoms with Crippen molar-refractivity contribution in [1.82, 2.24) is 0 Å². The van der Waals surface area contributed by atoms with Gasteiger partial charge in [0.2, 0.25) is 0 Å². The number of hydrogen-bond acceptors (Lipinski definition) is 2. The Balaban J connectivity index is 2.12. The highest BCUT2D eigenvalue weighted by molar-refractivity contribution is 6.42. The number of anilines is 2. The number of carbonyl (C=O) groups is 1. The highest BCUT2D eigenvalue weighted by atomic mass is 35.5. The molecule has 0 saturated heterocycles. The maximum Gasteiger partial charge on any atom is 0.323 e. The third-order valence-corrected chi connectivity index (χ3v) is 3.27. The third kappa shape index (κ3) is 3.85. The minimum Gasteiger partial charge on any atom is -0.308 e. The number of benzene rings is 2. The normalized spacial score (nSPS) is 9.81. The Labute approximate surface area is 130 Å². The Morgan fingerprint density at radius 2 is 1.86 bits per heavy atom. The molecular weight excluding hydrogens is 316 g/mol. The summed E-state index contributed by atoms with van der Waals surface area (Å²) in [6.45, 7) is 0. The van der Waals surface area contributed by atoms with Crippen molar-refractivity contribution in [2.75, 3.05) is 10.6 Å². The molecule has 0 heterocycles. The van der Waals surface area contributed by atoms with E-state index >= 15 is 0 Å². The molecule has 2 N–H and O–H groups in total. The first-order valence-electron chi connectivity index (χ1n) is 5.72. The summed E-state index contributed by atoms with van der Waals surface area (Å²) in [5, 5.41) is 14.5. The zero-order valence-electron chi connectivity index (χ0n) is 10.5. The lowest BCUT2D eigenvalue weighted by atomic mass is 10.2. The minimum atomic E-state index is -0.587. The molecule has 0 saturated carbocycles. The number of urea groups is 1. The zero-order valence-corrected chi connectivity index (χ0v) is 12.0. The van der Waals surface area contributed by atoms with Crippen LogP contribution in [-0.4, -0.2) is 6.03 Å². The number of nitrogens with one attached hydrogen (secondary N) is 2. The average Bonchev–Trinajstić information content (AvgIpc) is 2.44. The summed E-state index contributed by atoms with van der Waals surface area (Å²) in [6.07, 6.45) is 0. The molecule has 0 unspecified atom stereocenters. The Morgan fingerprint density at radius 1 is 1.10 bits per heavy atom. The van der Waals surface area contributed by atoms with Crippen LogP contribution in [0.4, 0.5) is 20.6 Å². The van der Waals surface area contributed by atoms with Crippen LogP contribution in [-0.2, 0) is 0 Å². The molecule has 0 fully saturated rings. The van der Waals surface area contributed by atoms with Gasteiger partial charge in [-0.1, -0.05) is 23.2 Å². The fourth-order valence-corrected chi connectivity index (χ4v) is 1.87. The number of halogens is 3. The van der Waals surface area contributed by atoms with Crippen molar-refractivity contribution in [1.29, 1.82) is 5.26 Å². The molecule has 2 aromatic rings. The van der Waals surface area contributed by atoms with Gasteiger partial charge in [-0.3, -0.25) is 0 Å². The molecule has 0 aromatic heterocycles. The van der Waals surface area contributed by atoms with Gasteiger partial charge in [0.05, 0.1) is 21.3 Å². The SMILES string of the molecule is N#Cc1cc(F)ccc1NC(=O)Nc1ccc(Cl)c(Cl)c1. The van der Waals surface area contributed by atoms with Crippen LogP contribution in [0.15, 0.2) is 36.4 Å². The summed E-state index contributed by atoms with van der Waals surface area (Å²) in [7, 11) is 0. The first kappa shape index (κ1) is 15.1. The molecule has 7 heteroatoms. The first-order chi connectivity index (χ1) is 9.99. The van der Waals surface area contributed by atoms with Crippen molar-refractivity contribution in [3.63, 3.8) is 0 Å². The number of hydrogen-bond donors (Lipinski definition) is 2. The second kappa shape index (κ2) is 6.44. The van der Waals surface area contributed by atoms with E-state index in [2.05, 4.69) is 10.6 Å². The second-order valence-electron chi connectivity index (χ2n) is 4.01. The number of nitrogens with zero attached hydrogens (tertiary/aromatic N) is 1. The molecule has 4 nitrogen and oxygen atoms in total. The Kier molecular flexibility index (Phi) is 4.63. The minimum absolute atomic E-state index is 0.0271. The third-order valence-electron chi connectivity index (χ3n) is 2.53. The first-order valence-corrected chi connectivity index (χ1v) is 6.48. The highest BCUT2D eigenvalue weighted by Gasteiger charge is 2.09. The van der Waals surface area contributed by atoms with Crippen molar-refractivity contribution < 1.29 is 9.18 Å². The lowest BCUT2D eigenvalue weighted by Crippen LogP contribution is -2.20. The molecule has 0 spiro atoms. The maximum atomic E-state index is 13.0. The fraction of sp³-hybridized carbons (Fsp3) is 0. The molecule has 0 aliphatic carbocycles. The molecule has 0 bridgehead atoms. The molecule has 106 valence electrons. The lowest BCUT2D eigenvalue weighted by molar-refractivity contribution is 0.262. The van der Waals surface area contributed by atoms with E-state index in [1.807, 2.05) is 0 Å². The van der Waals surface area contributed by atoms with Crippen LogP contribution in [0.25, 0.3) is 0 Å². The standard InChI is InChI=1S/C14H8Cl2FN3O/c15-11-3-2-10(6-12(11)16)19-14(21)20-13-4-1-9(17)5-8(13)7-18/h1-6H,(H2,19,20,21). The topological polar surface area (TPSA) is 64.9 Å². The van der Waals surface area contributed by atoms with E-state index in [4.69, 9.17) is 28.5 Å². The van der Waals surface area contributed by atoms with Crippen LogP contribution in [0.1, 0.15) is 5.56 Å². The average molecular weight is 324 g/mol. The van der Waals surface area contributed by atoms with Crippen LogP contribution >= 0.6 is 23.2 Å². The van der Waals surface area contributed by atoms with E-state index in [0.29, 0.717) is 15.7 Å². The highest BCUT2D eigenvalue weighted by Crippen LogP contribution is 2.25. The van der Waals surface area contributed by atoms with E-state index in [1.165, 1.54) is 18.2 Å². The number of amides is 2. The number of rotatable bonds is 2. The van der Waals surface area contributed by atoms with Gasteiger partial charge in [-0.05, 0) is 36.4 Å². The molecular formula is C14H8Cl2FN3O. The van der Waals surface area contributed by atoms with Crippen molar-refractivity contribution in [3.05, 3.63) is 57.8 Å². The Morgan fingerprint density at radius 3 is 2.52 bits per heavy atom. The van der Waals surface area contributed by atoms with E-state index in [9.17, 15) is 9.18 Å². The predicted molar refractivity (Wildman–Crippen MR) is 80.2 cm³/mol. The Hall–Kier alpha value is -2.29. The summed E-state index contributed by atoms with van der Waals surface area (Å²) in [5.74, 6) is -0.554. The van der Waals surface area contributed by atoms with Gasteiger partial charge in [0, 0.05) is 5.69 Å². The van der Waals surface area contributed by atoms with Crippen LogP contribution in [0.5, 0.6) is 0 Å². The van der Waals surface area contributed by atoms with Crippen molar-refractivity contribution >= 4 is 40.6 Å². The number of nitriles is 1. The van der Waals surface area contributed by atoms with Gasteiger partial charge in [-0.15, -0.1) is 0 Å². The summed E-state index contributed by atoms with van der Waals surface area (Å²) < 4.78 is 13.0. The summed E-state index contributed by atoms with van der Waals surface area (Å²) in [5.41, 5.74) is 0.665. The van der Waals surface area contributed by atoms with Gasteiger partial charge in [-0.25, -0.2) is 9.18 Å². The van der Waals surface area contributed by atoms with Gasteiger partial charge in [0.25, 0.3) is 0 Å². The number of carbonyl (C=O) groups excluding carboxylic acids is 1. The Bertz CT molecular complexity index is 743. The van der Waals surface area contributed by atoms with Crippen molar-refractivity contribution in [3.8, 4) is 6.07 Å².